The molecule has 1 unspecified atom stereocenters. The van der Waals surface area contributed by atoms with Crippen molar-refractivity contribution < 1.29 is 13.8 Å². The molecule has 0 aliphatic carbocycles. The summed E-state index contributed by atoms with van der Waals surface area (Å²) in [5.74, 6) is -0.554. The first-order valence-corrected chi connectivity index (χ1v) is 5.51. The van der Waals surface area contributed by atoms with Crippen LogP contribution in [0.5, 0.6) is 0 Å². The summed E-state index contributed by atoms with van der Waals surface area (Å²) in [4.78, 5) is 13.8. The lowest BCUT2D eigenvalue weighted by atomic mass is 10.1. The maximum atomic E-state index is 13.7. The van der Waals surface area contributed by atoms with Crippen LogP contribution in [0.1, 0.15) is 18.7 Å². The Bertz CT molecular complexity index is 614. The molecule has 0 saturated heterocycles. The molecule has 0 amide bonds. The van der Waals surface area contributed by atoms with E-state index in [1.807, 2.05) is 0 Å². The number of hydrogen-bond acceptors (Lipinski definition) is 6. The molecule has 0 aliphatic heterocycles. The first-order valence-electron chi connectivity index (χ1n) is 5.51. The molecule has 0 bridgehead atoms. The Balaban J connectivity index is 2.37. The molecule has 0 aliphatic rings. The van der Waals surface area contributed by atoms with E-state index in [-0.39, 0.29) is 23.1 Å². The average Bonchev–Trinajstić information content (AvgIpc) is 2.87. The van der Waals surface area contributed by atoms with Gasteiger partial charge < -0.3 is 10.3 Å². The van der Waals surface area contributed by atoms with Gasteiger partial charge in [0.15, 0.2) is 5.82 Å². The number of nitrogens with zero attached hydrogens (tertiary/aromatic N) is 3. The molecule has 1 atom stereocenters. The molecule has 1 heterocycles. The van der Waals surface area contributed by atoms with Gasteiger partial charge in [0, 0.05) is 18.5 Å². The van der Waals surface area contributed by atoms with Gasteiger partial charge in [0.05, 0.1) is 16.6 Å². The molecular formula is C11H11FN4O3. The number of nitro groups is 1. The zero-order chi connectivity index (χ0) is 14.0. The molecule has 0 spiro atoms. The van der Waals surface area contributed by atoms with Crippen molar-refractivity contribution in [3.05, 3.63) is 40.0 Å². The predicted molar refractivity (Wildman–Crippen MR) is 63.8 cm³/mol. The van der Waals surface area contributed by atoms with Crippen LogP contribution in [0.3, 0.4) is 0 Å². The number of nitrogens with two attached hydrogens (primary N) is 1. The monoisotopic (exact) mass is 266 g/mol. The van der Waals surface area contributed by atoms with Gasteiger partial charge in [-0.05, 0) is 6.07 Å². The van der Waals surface area contributed by atoms with Crippen LogP contribution < -0.4 is 5.73 Å². The molecule has 0 fully saturated rings. The lowest BCUT2D eigenvalue weighted by Crippen LogP contribution is -2.10. The summed E-state index contributed by atoms with van der Waals surface area (Å²) in [6.07, 6.45) is 0. The zero-order valence-electron chi connectivity index (χ0n) is 10.0. The highest BCUT2D eigenvalue weighted by molar-refractivity contribution is 5.56. The lowest BCUT2D eigenvalue weighted by molar-refractivity contribution is -0.385. The summed E-state index contributed by atoms with van der Waals surface area (Å²) in [7, 11) is 0. The number of halogens is 1. The first-order chi connectivity index (χ1) is 9.02. The number of non-ortho nitro benzene ring substituents is 1. The highest BCUT2D eigenvalue weighted by Gasteiger charge is 2.18. The summed E-state index contributed by atoms with van der Waals surface area (Å²) >= 11 is 0. The number of hydrogen-bond donors (Lipinski definition) is 1. The molecular weight excluding hydrogens is 255 g/mol. The van der Waals surface area contributed by atoms with Crippen LogP contribution >= 0.6 is 0 Å². The molecule has 19 heavy (non-hydrogen) atoms. The van der Waals surface area contributed by atoms with Gasteiger partial charge in [-0.3, -0.25) is 10.1 Å². The Morgan fingerprint density at radius 1 is 1.58 bits per heavy atom. The third kappa shape index (κ3) is 2.58. The minimum Gasteiger partial charge on any atom is -0.334 e. The SMILES string of the molecule is CC(CN)c1noc(-c2ccc([N+](=O)[O-])cc2F)n1. The molecule has 2 rings (SSSR count). The van der Waals surface area contributed by atoms with Crippen LogP contribution in [0.4, 0.5) is 10.1 Å². The quantitative estimate of drug-likeness (QED) is 0.668. The van der Waals surface area contributed by atoms with Crippen molar-refractivity contribution in [1.82, 2.24) is 10.1 Å². The number of aromatic nitrogens is 2. The van der Waals surface area contributed by atoms with Crippen LogP contribution in [0.15, 0.2) is 22.7 Å². The van der Waals surface area contributed by atoms with E-state index in [2.05, 4.69) is 10.1 Å². The van der Waals surface area contributed by atoms with E-state index < -0.39 is 10.7 Å². The Labute approximate surface area is 107 Å². The molecule has 0 saturated carbocycles. The highest BCUT2D eigenvalue weighted by Crippen LogP contribution is 2.25. The molecule has 0 radical (unpaired) electrons. The third-order valence-corrected chi connectivity index (χ3v) is 2.63. The molecule has 7 nitrogen and oxygen atoms in total. The highest BCUT2D eigenvalue weighted by atomic mass is 19.1. The van der Waals surface area contributed by atoms with Crippen LogP contribution in [0.2, 0.25) is 0 Å². The van der Waals surface area contributed by atoms with Crippen LogP contribution in [-0.2, 0) is 0 Å². The van der Waals surface area contributed by atoms with E-state index in [0.29, 0.717) is 12.4 Å². The summed E-state index contributed by atoms with van der Waals surface area (Å²) in [5, 5.41) is 14.2. The Hall–Kier alpha value is -2.35. The molecule has 1 aromatic carbocycles. The van der Waals surface area contributed by atoms with E-state index in [0.717, 1.165) is 6.07 Å². The van der Waals surface area contributed by atoms with E-state index >= 15 is 0 Å². The van der Waals surface area contributed by atoms with Gasteiger partial charge in [-0.25, -0.2) is 4.39 Å². The maximum absolute atomic E-state index is 13.7. The van der Waals surface area contributed by atoms with Crippen molar-refractivity contribution in [2.75, 3.05) is 6.54 Å². The largest absolute Gasteiger partial charge is 0.334 e. The van der Waals surface area contributed by atoms with Crippen LogP contribution in [0.25, 0.3) is 11.5 Å². The normalized spacial score (nSPS) is 12.4. The molecule has 100 valence electrons. The van der Waals surface area contributed by atoms with Gasteiger partial charge in [-0.15, -0.1) is 0 Å². The second-order valence-electron chi connectivity index (χ2n) is 4.02. The van der Waals surface area contributed by atoms with E-state index in [4.69, 9.17) is 10.3 Å². The maximum Gasteiger partial charge on any atom is 0.272 e. The minimum atomic E-state index is -0.787. The number of nitro benzene ring substituents is 1. The van der Waals surface area contributed by atoms with E-state index in [1.54, 1.807) is 6.92 Å². The zero-order valence-corrected chi connectivity index (χ0v) is 10.0. The summed E-state index contributed by atoms with van der Waals surface area (Å²) < 4.78 is 18.7. The summed E-state index contributed by atoms with van der Waals surface area (Å²) in [6, 6.07) is 3.22. The van der Waals surface area contributed by atoms with Crippen molar-refractivity contribution in [2.24, 2.45) is 5.73 Å². The van der Waals surface area contributed by atoms with Crippen LogP contribution in [-0.4, -0.2) is 21.6 Å². The fraction of sp³-hybridized carbons (Fsp3) is 0.273. The third-order valence-electron chi connectivity index (χ3n) is 2.63. The minimum absolute atomic E-state index is 0.0218. The standard InChI is InChI=1S/C11H11FN4O3/c1-6(5-13)10-14-11(19-15-10)8-3-2-7(16(17)18)4-9(8)12/h2-4,6H,5,13H2,1H3. The predicted octanol–water partition coefficient (Wildman–Crippen LogP) is 1.85. The van der Waals surface area contributed by atoms with Gasteiger partial charge >= 0.3 is 0 Å². The first kappa shape index (κ1) is 13.1. The fourth-order valence-electron chi connectivity index (χ4n) is 1.44. The smallest absolute Gasteiger partial charge is 0.272 e. The number of benzene rings is 1. The second-order valence-corrected chi connectivity index (χ2v) is 4.02. The van der Waals surface area contributed by atoms with Crippen molar-refractivity contribution in [1.29, 1.82) is 0 Å². The topological polar surface area (TPSA) is 108 Å². The lowest BCUT2D eigenvalue weighted by Gasteiger charge is -1.99. The summed E-state index contributed by atoms with van der Waals surface area (Å²) in [5.41, 5.74) is 5.15. The molecule has 8 heteroatoms. The van der Waals surface area contributed by atoms with Crippen molar-refractivity contribution >= 4 is 5.69 Å². The molecule has 1 aromatic heterocycles. The Morgan fingerprint density at radius 2 is 2.32 bits per heavy atom. The Morgan fingerprint density at radius 3 is 2.89 bits per heavy atom. The second kappa shape index (κ2) is 5.11. The van der Waals surface area contributed by atoms with Gasteiger partial charge in [0.25, 0.3) is 11.6 Å². The van der Waals surface area contributed by atoms with Crippen molar-refractivity contribution in [3.8, 4) is 11.5 Å². The Kier molecular flexibility index (Phi) is 3.52. The van der Waals surface area contributed by atoms with E-state index in [9.17, 15) is 14.5 Å². The van der Waals surface area contributed by atoms with E-state index in [1.165, 1.54) is 12.1 Å². The van der Waals surface area contributed by atoms with Gasteiger partial charge in [-0.2, -0.15) is 4.98 Å². The fourth-order valence-corrected chi connectivity index (χ4v) is 1.44. The molecule has 2 N–H and O–H groups in total. The van der Waals surface area contributed by atoms with Gasteiger partial charge in [0.1, 0.15) is 5.82 Å². The average molecular weight is 266 g/mol. The number of rotatable bonds is 4. The summed E-state index contributed by atoms with van der Waals surface area (Å²) in [6.45, 7) is 2.14. The van der Waals surface area contributed by atoms with Crippen LogP contribution in [0, 0.1) is 15.9 Å². The van der Waals surface area contributed by atoms with Crippen molar-refractivity contribution in [3.63, 3.8) is 0 Å². The van der Waals surface area contributed by atoms with Gasteiger partial charge in [0.2, 0.25) is 0 Å². The van der Waals surface area contributed by atoms with Gasteiger partial charge in [-0.1, -0.05) is 12.1 Å². The molecule has 2 aromatic rings. The van der Waals surface area contributed by atoms with Crippen molar-refractivity contribution in [2.45, 2.75) is 12.8 Å².